The first-order valence-electron chi connectivity index (χ1n) is 5.11. The predicted octanol–water partition coefficient (Wildman–Crippen LogP) is 0.0582. The van der Waals surface area contributed by atoms with E-state index >= 15 is 0 Å². The highest BCUT2D eigenvalue weighted by molar-refractivity contribution is 5.75. The van der Waals surface area contributed by atoms with Crippen molar-refractivity contribution >= 4 is 5.96 Å². The van der Waals surface area contributed by atoms with Crippen LogP contribution in [0.15, 0.2) is 29.3 Å². The Morgan fingerprint density at radius 3 is 2.56 bits per heavy atom. The zero-order valence-corrected chi connectivity index (χ0v) is 9.44. The van der Waals surface area contributed by atoms with Crippen molar-refractivity contribution in [3.05, 3.63) is 29.8 Å². The summed E-state index contributed by atoms with van der Waals surface area (Å²) in [5, 5.41) is 3.24. The molecule has 0 bridgehead atoms. The average molecular weight is 222 g/mol. The molecule has 0 amide bonds. The standard InChI is InChI=1S/C11H18N4O/c1-16-10-4-2-9(3-5-10)8-14-6-7-15-11(12)13/h2-5,14H,6-8H2,1H3,(H4,12,13,15). The Kier molecular flexibility index (Phi) is 5.15. The number of nitrogens with two attached hydrogens (primary N) is 2. The van der Waals surface area contributed by atoms with Crippen LogP contribution in [0.3, 0.4) is 0 Å². The van der Waals surface area contributed by atoms with Gasteiger partial charge < -0.3 is 21.5 Å². The molecule has 88 valence electrons. The highest BCUT2D eigenvalue weighted by atomic mass is 16.5. The molecule has 0 fully saturated rings. The minimum absolute atomic E-state index is 0.131. The second-order valence-electron chi connectivity index (χ2n) is 3.33. The maximum atomic E-state index is 5.20. The Bertz CT molecular complexity index is 330. The van der Waals surface area contributed by atoms with Crippen LogP contribution in [0.5, 0.6) is 5.75 Å². The molecule has 0 spiro atoms. The topological polar surface area (TPSA) is 85.7 Å². The molecule has 1 rings (SSSR count). The van der Waals surface area contributed by atoms with Gasteiger partial charge in [0, 0.05) is 13.1 Å². The molecule has 0 atom stereocenters. The van der Waals surface area contributed by atoms with Crippen molar-refractivity contribution in [2.75, 3.05) is 20.2 Å². The van der Waals surface area contributed by atoms with Gasteiger partial charge in [-0.25, -0.2) is 0 Å². The number of nitrogens with one attached hydrogen (secondary N) is 1. The highest BCUT2D eigenvalue weighted by Crippen LogP contribution is 2.10. The lowest BCUT2D eigenvalue weighted by atomic mass is 10.2. The van der Waals surface area contributed by atoms with Crippen molar-refractivity contribution in [3.8, 4) is 5.75 Å². The molecule has 0 unspecified atom stereocenters. The van der Waals surface area contributed by atoms with E-state index < -0.39 is 0 Å². The monoisotopic (exact) mass is 222 g/mol. The first kappa shape index (κ1) is 12.3. The molecule has 0 aromatic heterocycles. The molecule has 0 heterocycles. The van der Waals surface area contributed by atoms with Crippen LogP contribution in [0.25, 0.3) is 0 Å². The molecule has 16 heavy (non-hydrogen) atoms. The molecule has 5 N–H and O–H groups in total. The lowest BCUT2D eigenvalue weighted by molar-refractivity contribution is 0.414. The van der Waals surface area contributed by atoms with Gasteiger partial charge in [-0.05, 0) is 17.7 Å². The number of nitrogens with zero attached hydrogens (tertiary/aromatic N) is 1. The summed E-state index contributed by atoms with van der Waals surface area (Å²) >= 11 is 0. The van der Waals surface area contributed by atoms with Gasteiger partial charge in [-0.2, -0.15) is 0 Å². The highest BCUT2D eigenvalue weighted by Gasteiger charge is 1.93. The van der Waals surface area contributed by atoms with Crippen molar-refractivity contribution in [3.63, 3.8) is 0 Å². The Morgan fingerprint density at radius 2 is 2.00 bits per heavy atom. The number of methoxy groups -OCH3 is 1. The van der Waals surface area contributed by atoms with Crippen LogP contribution in [-0.4, -0.2) is 26.2 Å². The zero-order chi connectivity index (χ0) is 11.8. The van der Waals surface area contributed by atoms with E-state index in [2.05, 4.69) is 10.3 Å². The lowest BCUT2D eigenvalue weighted by Crippen LogP contribution is -2.25. The summed E-state index contributed by atoms with van der Waals surface area (Å²) in [4.78, 5) is 3.87. The molecule has 5 nitrogen and oxygen atoms in total. The van der Waals surface area contributed by atoms with Gasteiger partial charge in [0.25, 0.3) is 0 Å². The molecule has 1 aromatic rings. The quantitative estimate of drug-likeness (QED) is 0.361. The van der Waals surface area contributed by atoms with Crippen molar-refractivity contribution < 1.29 is 4.74 Å². The van der Waals surface area contributed by atoms with Crippen molar-refractivity contribution in [1.82, 2.24) is 5.32 Å². The van der Waals surface area contributed by atoms with Crippen LogP contribution in [0.2, 0.25) is 0 Å². The molecule has 0 aliphatic rings. The van der Waals surface area contributed by atoms with Gasteiger partial charge in [-0.3, -0.25) is 4.99 Å². The van der Waals surface area contributed by atoms with Crippen LogP contribution < -0.4 is 21.5 Å². The Morgan fingerprint density at radius 1 is 1.31 bits per heavy atom. The van der Waals surface area contributed by atoms with Crippen molar-refractivity contribution in [2.45, 2.75) is 6.54 Å². The third kappa shape index (κ3) is 4.65. The van der Waals surface area contributed by atoms with E-state index in [-0.39, 0.29) is 5.96 Å². The summed E-state index contributed by atoms with van der Waals surface area (Å²) in [7, 11) is 1.66. The van der Waals surface area contributed by atoms with Gasteiger partial charge in [-0.1, -0.05) is 12.1 Å². The van der Waals surface area contributed by atoms with Crippen LogP contribution >= 0.6 is 0 Å². The smallest absolute Gasteiger partial charge is 0.185 e. The first-order chi connectivity index (χ1) is 7.72. The third-order valence-electron chi connectivity index (χ3n) is 2.07. The van der Waals surface area contributed by atoms with E-state index in [9.17, 15) is 0 Å². The first-order valence-corrected chi connectivity index (χ1v) is 5.11. The molecular formula is C11H18N4O. The van der Waals surface area contributed by atoms with Crippen LogP contribution in [0.4, 0.5) is 0 Å². The minimum atomic E-state index is 0.131. The number of aliphatic imine (C=N–C) groups is 1. The Labute approximate surface area is 95.5 Å². The average Bonchev–Trinajstić information content (AvgIpc) is 2.29. The van der Waals surface area contributed by atoms with Gasteiger partial charge >= 0.3 is 0 Å². The van der Waals surface area contributed by atoms with Gasteiger partial charge in [0.15, 0.2) is 5.96 Å². The molecule has 0 saturated heterocycles. The SMILES string of the molecule is COc1ccc(CNCCN=C(N)N)cc1. The van der Waals surface area contributed by atoms with E-state index in [1.165, 1.54) is 5.56 Å². The summed E-state index contributed by atoms with van der Waals surface area (Å²) in [6.07, 6.45) is 0. The van der Waals surface area contributed by atoms with Crippen LogP contribution in [0.1, 0.15) is 5.56 Å². The fraction of sp³-hybridized carbons (Fsp3) is 0.364. The normalized spacial score (nSPS) is 9.81. The van der Waals surface area contributed by atoms with Gasteiger partial charge in [-0.15, -0.1) is 0 Å². The molecular weight excluding hydrogens is 204 g/mol. The second-order valence-corrected chi connectivity index (χ2v) is 3.33. The summed E-state index contributed by atoms with van der Waals surface area (Å²) in [6, 6.07) is 7.92. The fourth-order valence-corrected chi connectivity index (χ4v) is 1.24. The number of hydrogen-bond acceptors (Lipinski definition) is 3. The van der Waals surface area contributed by atoms with E-state index in [1.807, 2.05) is 24.3 Å². The van der Waals surface area contributed by atoms with E-state index in [4.69, 9.17) is 16.2 Å². The number of guanidine groups is 1. The summed E-state index contributed by atoms with van der Waals surface area (Å²) in [5.41, 5.74) is 11.6. The largest absolute Gasteiger partial charge is 0.497 e. The number of rotatable bonds is 6. The molecule has 0 saturated carbocycles. The van der Waals surface area contributed by atoms with Gasteiger partial charge in [0.05, 0.1) is 13.7 Å². The van der Waals surface area contributed by atoms with E-state index in [0.717, 1.165) is 18.8 Å². The summed E-state index contributed by atoms with van der Waals surface area (Å²) < 4.78 is 5.07. The number of ether oxygens (including phenoxy) is 1. The molecule has 1 aromatic carbocycles. The van der Waals surface area contributed by atoms with Crippen molar-refractivity contribution in [2.24, 2.45) is 16.5 Å². The summed E-state index contributed by atoms with van der Waals surface area (Å²) in [6.45, 7) is 2.15. The fourth-order valence-electron chi connectivity index (χ4n) is 1.24. The lowest BCUT2D eigenvalue weighted by Gasteiger charge is -2.04. The summed E-state index contributed by atoms with van der Waals surface area (Å²) in [5.74, 6) is 0.996. The molecule has 0 radical (unpaired) electrons. The maximum Gasteiger partial charge on any atom is 0.185 e. The zero-order valence-electron chi connectivity index (χ0n) is 9.44. The van der Waals surface area contributed by atoms with Crippen molar-refractivity contribution in [1.29, 1.82) is 0 Å². The molecule has 0 aliphatic heterocycles. The number of benzene rings is 1. The predicted molar refractivity (Wildman–Crippen MR) is 65.4 cm³/mol. The Hall–Kier alpha value is -1.75. The number of hydrogen-bond donors (Lipinski definition) is 3. The van der Waals surface area contributed by atoms with Crippen LogP contribution in [0, 0.1) is 0 Å². The Balaban J connectivity index is 2.24. The molecule has 5 heteroatoms. The minimum Gasteiger partial charge on any atom is -0.497 e. The van der Waals surface area contributed by atoms with E-state index in [0.29, 0.717) is 6.54 Å². The van der Waals surface area contributed by atoms with Gasteiger partial charge in [0.1, 0.15) is 5.75 Å². The second kappa shape index (κ2) is 6.68. The van der Waals surface area contributed by atoms with Gasteiger partial charge in [0.2, 0.25) is 0 Å². The molecule has 0 aliphatic carbocycles. The van der Waals surface area contributed by atoms with E-state index in [1.54, 1.807) is 7.11 Å². The third-order valence-corrected chi connectivity index (χ3v) is 2.07. The maximum absolute atomic E-state index is 5.20. The van der Waals surface area contributed by atoms with Crippen LogP contribution in [-0.2, 0) is 6.54 Å².